The maximum atomic E-state index is 13.8. The van der Waals surface area contributed by atoms with E-state index in [0.717, 1.165) is 11.3 Å². The smallest absolute Gasteiger partial charge is 0.233 e. The third kappa shape index (κ3) is 4.85. The Labute approximate surface area is 160 Å². The van der Waals surface area contributed by atoms with Crippen molar-refractivity contribution in [3.63, 3.8) is 0 Å². The lowest BCUT2D eigenvalue weighted by atomic mass is 10.2. The number of ether oxygens (including phenoxy) is 1. The molecule has 27 heavy (non-hydrogen) atoms. The zero-order chi connectivity index (χ0) is 19.2. The van der Waals surface area contributed by atoms with Gasteiger partial charge in [-0.25, -0.2) is 9.37 Å². The van der Waals surface area contributed by atoms with Gasteiger partial charge in [0.15, 0.2) is 5.82 Å². The first-order valence-corrected chi connectivity index (χ1v) is 9.22. The summed E-state index contributed by atoms with van der Waals surface area (Å²) in [6, 6.07) is 13.9. The number of aromatic amines is 1. The number of hydrogen-bond donors (Lipinski definition) is 1. The molecule has 3 rings (SSSR count). The van der Waals surface area contributed by atoms with Gasteiger partial charge in [-0.3, -0.25) is 9.89 Å². The third-order valence-corrected chi connectivity index (χ3v) is 4.73. The molecule has 0 unspecified atom stereocenters. The zero-order valence-electron chi connectivity index (χ0n) is 15.0. The molecular weight excluding hydrogens is 367 g/mol. The Morgan fingerprint density at radius 2 is 2.07 bits per heavy atom. The highest BCUT2D eigenvalue weighted by atomic mass is 32.2. The fourth-order valence-corrected chi connectivity index (χ4v) is 3.19. The molecule has 0 bridgehead atoms. The maximum Gasteiger partial charge on any atom is 0.233 e. The summed E-state index contributed by atoms with van der Waals surface area (Å²) in [6.45, 7) is 0.477. The van der Waals surface area contributed by atoms with Crippen LogP contribution in [0.2, 0.25) is 0 Å². The van der Waals surface area contributed by atoms with Gasteiger partial charge in [-0.15, -0.1) is 5.10 Å². The first kappa shape index (κ1) is 18.9. The summed E-state index contributed by atoms with van der Waals surface area (Å²) in [7, 11) is 3.35. The highest BCUT2D eigenvalue weighted by Crippen LogP contribution is 2.22. The third-order valence-electron chi connectivity index (χ3n) is 3.90. The average molecular weight is 386 g/mol. The minimum Gasteiger partial charge on any atom is -0.497 e. The van der Waals surface area contributed by atoms with Crippen molar-refractivity contribution in [2.24, 2.45) is 0 Å². The number of rotatable bonds is 7. The molecule has 1 N–H and O–H groups in total. The van der Waals surface area contributed by atoms with Crippen LogP contribution in [-0.2, 0) is 11.3 Å². The molecular formula is C19H19FN4O2S. The molecule has 0 spiro atoms. The Morgan fingerprint density at radius 1 is 1.26 bits per heavy atom. The number of hydrogen-bond acceptors (Lipinski definition) is 5. The van der Waals surface area contributed by atoms with Gasteiger partial charge >= 0.3 is 0 Å². The number of carbonyl (C=O) groups is 1. The molecule has 2 aromatic carbocycles. The first-order valence-electron chi connectivity index (χ1n) is 8.24. The zero-order valence-corrected chi connectivity index (χ0v) is 15.8. The van der Waals surface area contributed by atoms with Crippen LogP contribution in [-0.4, -0.2) is 45.9 Å². The molecule has 0 aliphatic carbocycles. The van der Waals surface area contributed by atoms with E-state index in [0.29, 0.717) is 23.1 Å². The standard InChI is InChI=1S/C19H19FN4O2S/c1-24(11-13-6-5-7-14(10-13)26-2)17(25)12-27-19-21-18(22-23-19)15-8-3-4-9-16(15)20/h3-10H,11-12H2,1-2H3,(H,21,22,23). The molecule has 6 nitrogen and oxygen atoms in total. The van der Waals surface area contributed by atoms with Crippen molar-refractivity contribution in [3.05, 3.63) is 59.9 Å². The number of halogens is 1. The summed E-state index contributed by atoms with van der Waals surface area (Å²) in [5.41, 5.74) is 1.33. The Morgan fingerprint density at radius 3 is 2.85 bits per heavy atom. The number of nitrogens with one attached hydrogen (secondary N) is 1. The Balaban J connectivity index is 1.56. The van der Waals surface area contributed by atoms with Gasteiger partial charge in [0.25, 0.3) is 0 Å². The summed E-state index contributed by atoms with van der Waals surface area (Å²) < 4.78 is 19.0. The number of benzene rings is 2. The fourth-order valence-electron chi connectivity index (χ4n) is 2.45. The summed E-state index contributed by atoms with van der Waals surface area (Å²) >= 11 is 1.20. The molecule has 1 amide bonds. The van der Waals surface area contributed by atoms with E-state index in [4.69, 9.17) is 4.74 Å². The number of aromatic nitrogens is 3. The highest BCUT2D eigenvalue weighted by molar-refractivity contribution is 7.99. The normalized spacial score (nSPS) is 10.6. The van der Waals surface area contributed by atoms with Crippen molar-refractivity contribution in [3.8, 4) is 17.1 Å². The van der Waals surface area contributed by atoms with Crippen LogP contribution in [0.3, 0.4) is 0 Å². The number of H-pyrrole nitrogens is 1. The molecule has 0 aliphatic rings. The van der Waals surface area contributed by atoms with Crippen molar-refractivity contribution >= 4 is 17.7 Å². The van der Waals surface area contributed by atoms with E-state index < -0.39 is 0 Å². The maximum absolute atomic E-state index is 13.8. The van der Waals surface area contributed by atoms with Crippen molar-refractivity contribution in [2.45, 2.75) is 11.7 Å². The first-order chi connectivity index (χ1) is 13.1. The predicted octanol–water partition coefficient (Wildman–Crippen LogP) is 3.37. The lowest BCUT2D eigenvalue weighted by Gasteiger charge is -2.17. The average Bonchev–Trinajstić information content (AvgIpc) is 3.15. The van der Waals surface area contributed by atoms with Gasteiger partial charge in [0.2, 0.25) is 11.1 Å². The number of carbonyl (C=O) groups excluding carboxylic acids is 1. The Kier molecular flexibility index (Phi) is 6.08. The van der Waals surface area contributed by atoms with Crippen molar-refractivity contribution < 1.29 is 13.9 Å². The van der Waals surface area contributed by atoms with Gasteiger partial charge in [0.05, 0.1) is 18.4 Å². The molecule has 0 fully saturated rings. The molecule has 0 saturated heterocycles. The lowest BCUT2D eigenvalue weighted by Crippen LogP contribution is -2.27. The van der Waals surface area contributed by atoms with Crippen LogP contribution < -0.4 is 4.74 Å². The van der Waals surface area contributed by atoms with E-state index in [1.54, 1.807) is 37.3 Å². The molecule has 0 radical (unpaired) electrons. The van der Waals surface area contributed by atoms with Crippen LogP contribution in [0, 0.1) is 5.82 Å². The summed E-state index contributed by atoms with van der Waals surface area (Å²) in [5, 5.41) is 7.15. The van der Waals surface area contributed by atoms with Gasteiger partial charge in [0.1, 0.15) is 11.6 Å². The molecule has 3 aromatic rings. The second-order valence-corrected chi connectivity index (χ2v) is 6.78. The number of methoxy groups -OCH3 is 1. The van der Waals surface area contributed by atoms with Gasteiger partial charge in [-0.2, -0.15) is 0 Å². The van der Waals surface area contributed by atoms with Gasteiger partial charge in [-0.1, -0.05) is 36.0 Å². The van der Waals surface area contributed by atoms with Crippen LogP contribution in [0.1, 0.15) is 5.56 Å². The van der Waals surface area contributed by atoms with E-state index >= 15 is 0 Å². The molecule has 0 saturated carbocycles. The van der Waals surface area contributed by atoms with E-state index in [-0.39, 0.29) is 17.5 Å². The van der Waals surface area contributed by atoms with Crippen LogP contribution in [0.4, 0.5) is 4.39 Å². The molecule has 1 heterocycles. The van der Waals surface area contributed by atoms with Gasteiger partial charge in [0, 0.05) is 13.6 Å². The molecule has 0 aliphatic heterocycles. The van der Waals surface area contributed by atoms with E-state index in [9.17, 15) is 9.18 Å². The van der Waals surface area contributed by atoms with Crippen LogP contribution in [0.25, 0.3) is 11.4 Å². The monoisotopic (exact) mass is 386 g/mol. The van der Waals surface area contributed by atoms with Crippen molar-refractivity contribution in [1.29, 1.82) is 0 Å². The van der Waals surface area contributed by atoms with E-state index in [1.165, 1.54) is 17.8 Å². The summed E-state index contributed by atoms with van der Waals surface area (Å²) in [6.07, 6.45) is 0. The molecule has 8 heteroatoms. The number of amides is 1. The molecule has 140 valence electrons. The number of thioether (sulfide) groups is 1. The van der Waals surface area contributed by atoms with E-state index in [2.05, 4.69) is 15.2 Å². The Hall–Kier alpha value is -2.87. The highest BCUT2D eigenvalue weighted by Gasteiger charge is 2.14. The van der Waals surface area contributed by atoms with Crippen LogP contribution in [0.15, 0.2) is 53.7 Å². The second kappa shape index (κ2) is 8.68. The topological polar surface area (TPSA) is 71.1 Å². The lowest BCUT2D eigenvalue weighted by molar-refractivity contribution is -0.127. The second-order valence-electron chi connectivity index (χ2n) is 5.84. The molecule has 0 atom stereocenters. The molecule has 1 aromatic heterocycles. The SMILES string of the molecule is COc1cccc(CN(C)C(=O)CSc2n[nH]c(-c3ccccc3F)n2)c1. The van der Waals surface area contributed by atoms with Crippen LogP contribution in [0.5, 0.6) is 5.75 Å². The number of nitrogens with zero attached hydrogens (tertiary/aromatic N) is 3. The Bertz CT molecular complexity index is 931. The van der Waals surface area contributed by atoms with Crippen molar-refractivity contribution in [1.82, 2.24) is 20.1 Å². The minimum atomic E-state index is -0.376. The minimum absolute atomic E-state index is 0.0555. The quantitative estimate of drug-likeness (QED) is 0.631. The largest absolute Gasteiger partial charge is 0.497 e. The van der Waals surface area contributed by atoms with Crippen LogP contribution >= 0.6 is 11.8 Å². The van der Waals surface area contributed by atoms with E-state index in [1.807, 2.05) is 24.3 Å². The summed E-state index contributed by atoms with van der Waals surface area (Å²) in [4.78, 5) is 18.2. The van der Waals surface area contributed by atoms with Gasteiger partial charge in [-0.05, 0) is 29.8 Å². The summed E-state index contributed by atoms with van der Waals surface area (Å²) in [5.74, 6) is 0.853. The predicted molar refractivity (Wildman–Crippen MR) is 102 cm³/mol. The fraction of sp³-hybridized carbons (Fsp3) is 0.211. The van der Waals surface area contributed by atoms with Crippen molar-refractivity contribution in [2.75, 3.05) is 19.9 Å². The van der Waals surface area contributed by atoms with Gasteiger partial charge < -0.3 is 9.64 Å².